The Morgan fingerprint density at radius 3 is 2.81 bits per heavy atom. The maximum atomic E-state index is 11.4. The standard InChI is InChI=1S/C13H16N2O/c1-3-5-11-9-13(16)14-15(11)12-7-4-6-10(2)8-12/h4,6-9H,3,5H2,1-2H3,(H,14,16). The monoisotopic (exact) mass is 216 g/mol. The summed E-state index contributed by atoms with van der Waals surface area (Å²) in [6.07, 6.45) is 1.94. The average molecular weight is 216 g/mol. The summed E-state index contributed by atoms with van der Waals surface area (Å²) in [6, 6.07) is 9.78. The van der Waals surface area contributed by atoms with Crippen molar-refractivity contribution in [3.63, 3.8) is 0 Å². The number of hydrogen-bond donors (Lipinski definition) is 1. The van der Waals surface area contributed by atoms with Crippen LogP contribution in [-0.4, -0.2) is 9.78 Å². The van der Waals surface area contributed by atoms with Crippen molar-refractivity contribution in [2.24, 2.45) is 0 Å². The van der Waals surface area contributed by atoms with Gasteiger partial charge in [0, 0.05) is 11.8 Å². The van der Waals surface area contributed by atoms with Crippen molar-refractivity contribution >= 4 is 0 Å². The fraction of sp³-hybridized carbons (Fsp3) is 0.308. The van der Waals surface area contributed by atoms with Gasteiger partial charge >= 0.3 is 0 Å². The summed E-state index contributed by atoms with van der Waals surface area (Å²) >= 11 is 0. The number of aromatic nitrogens is 2. The molecule has 0 spiro atoms. The Bertz CT molecular complexity index is 537. The minimum Gasteiger partial charge on any atom is -0.268 e. The van der Waals surface area contributed by atoms with Crippen LogP contribution in [0.15, 0.2) is 35.1 Å². The predicted octanol–water partition coefficient (Wildman–Crippen LogP) is 2.43. The van der Waals surface area contributed by atoms with Crippen LogP contribution in [0.25, 0.3) is 5.69 Å². The molecule has 2 aromatic rings. The zero-order valence-electron chi connectivity index (χ0n) is 9.66. The Hall–Kier alpha value is -1.77. The largest absolute Gasteiger partial charge is 0.268 e. The predicted molar refractivity (Wildman–Crippen MR) is 65.1 cm³/mol. The molecule has 1 N–H and O–H groups in total. The first-order valence-corrected chi connectivity index (χ1v) is 5.58. The molecule has 0 bridgehead atoms. The summed E-state index contributed by atoms with van der Waals surface area (Å²) in [5.74, 6) is 0. The molecule has 16 heavy (non-hydrogen) atoms. The van der Waals surface area contributed by atoms with Crippen molar-refractivity contribution in [1.82, 2.24) is 9.78 Å². The zero-order chi connectivity index (χ0) is 11.5. The molecule has 0 unspecified atom stereocenters. The quantitative estimate of drug-likeness (QED) is 0.840. The van der Waals surface area contributed by atoms with Gasteiger partial charge in [-0.15, -0.1) is 0 Å². The van der Waals surface area contributed by atoms with E-state index in [0.29, 0.717) is 0 Å². The first-order chi connectivity index (χ1) is 7.70. The van der Waals surface area contributed by atoms with Gasteiger partial charge in [0.25, 0.3) is 5.56 Å². The number of benzene rings is 1. The molecule has 0 amide bonds. The van der Waals surface area contributed by atoms with Gasteiger partial charge in [0.1, 0.15) is 0 Å². The molecule has 84 valence electrons. The molecular formula is C13H16N2O. The number of nitrogens with zero attached hydrogens (tertiary/aromatic N) is 1. The lowest BCUT2D eigenvalue weighted by atomic mass is 10.2. The highest BCUT2D eigenvalue weighted by Gasteiger charge is 2.05. The Labute approximate surface area is 94.7 Å². The summed E-state index contributed by atoms with van der Waals surface area (Å²) < 4.78 is 1.87. The Morgan fingerprint density at radius 1 is 1.31 bits per heavy atom. The van der Waals surface area contributed by atoms with Crippen molar-refractivity contribution in [3.8, 4) is 5.69 Å². The van der Waals surface area contributed by atoms with Crippen molar-refractivity contribution in [3.05, 3.63) is 51.9 Å². The van der Waals surface area contributed by atoms with Crippen LogP contribution in [0.1, 0.15) is 24.6 Å². The molecule has 1 aromatic carbocycles. The highest BCUT2D eigenvalue weighted by molar-refractivity contribution is 5.36. The van der Waals surface area contributed by atoms with E-state index in [0.717, 1.165) is 24.2 Å². The van der Waals surface area contributed by atoms with E-state index in [2.05, 4.69) is 18.1 Å². The van der Waals surface area contributed by atoms with Gasteiger partial charge in [-0.2, -0.15) is 0 Å². The van der Waals surface area contributed by atoms with Crippen LogP contribution in [0.5, 0.6) is 0 Å². The van der Waals surface area contributed by atoms with Crippen LogP contribution in [0, 0.1) is 6.92 Å². The average Bonchev–Trinajstić information content (AvgIpc) is 2.60. The van der Waals surface area contributed by atoms with Crippen molar-refractivity contribution in [2.45, 2.75) is 26.7 Å². The van der Waals surface area contributed by atoms with Gasteiger partial charge in [-0.05, 0) is 31.0 Å². The molecule has 0 saturated heterocycles. The number of hydrogen-bond acceptors (Lipinski definition) is 1. The minimum atomic E-state index is -0.0371. The minimum absolute atomic E-state index is 0.0371. The van der Waals surface area contributed by atoms with Crippen molar-refractivity contribution in [1.29, 1.82) is 0 Å². The molecule has 3 heteroatoms. The van der Waals surface area contributed by atoms with Crippen LogP contribution < -0.4 is 5.56 Å². The van der Waals surface area contributed by atoms with E-state index in [9.17, 15) is 4.79 Å². The van der Waals surface area contributed by atoms with E-state index in [1.54, 1.807) is 6.07 Å². The van der Waals surface area contributed by atoms with Gasteiger partial charge < -0.3 is 0 Å². The molecular weight excluding hydrogens is 200 g/mol. The maximum Gasteiger partial charge on any atom is 0.264 e. The van der Waals surface area contributed by atoms with E-state index < -0.39 is 0 Å². The number of nitrogens with one attached hydrogen (secondary N) is 1. The van der Waals surface area contributed by atoms with Crippen LogP contribution in [0.3, 0.4) is 0 Å². The van der Waals surface area contributed by atoms with E-state index in [4.69, 9.17) is 0 Å². The summed E-state index contributed by atoms with van der Waals surface area (Å²) in [5.41, 5.74) is 3.21. The van der Waals surface area contributed by atoms with Gasteiger partial charge in [-0.1, -0.05) is 25.5 Å². The van der Waals surface area contributed by atoms with Gasteiger partial charge in [0.15, 0.2) is 0 Å². The first kappa shape index (κ1) is 10.7. The van der Waals surface area contributed by atoms with E-state index >= 15 is 0 Å². The molecule has 0 radical (unpaired) electrons. The fourth-order valence-corrected chi connectivity index (χ4v) is 1.87. The molecule has 1 aromatic heterocycles. The van der Waals surface area contributed by atoms with Crippen LogP contribution in [-0.2, 0) is 6.42 Å². The summed E-state index contributed by atoms with van der Waals surface area (Å²) in [7, 11) is 0. The molecule has 2 rings (SSSR count). The topological polar surface area (TPSA) is 37.8 Å². The first-order valence-electron chi connectivity index (χ1n) is 5.58. The molecule has 0 atom stereocenters. The lowest BCUT2D eigenvalue weighted by molar-refractivity contribution is 0.769. The third-order valence-electron chi connectivity index (χ3n) is 2.57. The zero-order valence-corrected chi connectivity index (χ0v) is 9.66. The highest BCUT2D eigenvalue weighted by atomic mass is 16.1. The SMILES string of the molecule is CCCc1cc(=O)[nH]n1-c1cccc(C)c1. The molecule has 0 aliphatic carbocycles. The van der Waals surface area contributed by atoms with Crippen molar-refractivity contribution < 1.29 is 0 Å². The lowest BCUT2D eigenvalue weighted by Gasteiger charge is -2.08. The van der Waals surface area contributed by atoms with E-state index in [-0.39, 0.29) is 5.56 Å². The van der Waals surface area contributed by atoms with Crippen LogP contribution in [0.2, 0.25) is 0 Å². The van der Waals surface area contributed by atoms with E-state index in [1.807, 2.05) is 29.8 Å². The maximum absolute atomic E-state index is 11.4. The third kappa shape index (κ3) is 2.08. The second-order valence-electron chi connectivity index (χ2n) is 4.04. The van der Waals surface area contributed by atoms with Gasteiger partial charge in [-0.3, -0.25) is 14.6 Å². The second kappa shape index (κ2) is 4.39. The fourth-order valence-electron chi connectivity index (χ4n) is 1.87. The normalized spacial score (nSPS) is 10.6. The lowest BCUT2D eigenvalue weighted by Crippen LogP contribution is -2.05. The van der Waals surface area contributed by atoms with Crippen LogP contribution >= 0.6 is 0 Å². The van der Waals surface area contributed by atoms with Crippen molar-refractivity contribution in [2.75, 3.05) is 0 Å². The highest BCUT2D eigenvalue weighted by Crippen LogP contribution is 2.11. The molecule has 0 saturated carbocycles. The van der Waals surface area contributed by atoms with Gasteiger partial charge in [-0.25, -0.2) is 0 Å². The molecule has 0 aliphatic rings. The summed E-state index contributed by atoms with van der Waals surface area (Å²) in [4.78, 5) is 11.4. The molecule has 3 nitrogen and oxygen atoms in total. The van der Waals surface area contributed by atoms with Gasteiger partial charge in [0.2, 0.25) is 0 Å². The van der Waals surface area contributed by atoms with Gasteiger partial charge in [0.05, 0.1) is 5.69 Å². The number of aromatic amines is 1. The summed E-state index contributed by atoms with van der Waals surface area (Å²) in [5, 5.41) is 2.83. The van der Waals surface area contributed by atoms with Crippen LogP contribution in [0.4, 0.5) is 0 Å². The Balaban J connectivity index is 2.50. The molecule has 0 fully saturated rings. The smallest absolute Gasteiger partial charge is 0.264 e. The Kier molecular flexibility index (Phi) is 2.95. The summed E-state index contributed by atoms with van der Waals surface area (Å²) in [6.45, 7) is 4.16. The molecule has 1 heterocycles. The number of H-pyrrole nitrogens is 1. The second-order valence-corrected chi connectivity index (χ2v) is 4.04. The number of rotatable bonds is 3. The van der Waals surface area contributed by atoms with E-state index in [1.165, 1.54) is 5.56 Å². The molecule has 0 aliphatic heterocycles. The Morgan fingerprint density at radius 2 is 2.12 bits per heavy atom. The number of aryl methyl sites for hydroxylation is 2. The third-order valence-corrected chi connectivity index (χ3v) is 2.57.